The number of amides is 2. The summed E-state index contributed by atoms with van der Waals surface area (Å²) in [5.74, 6) is -0.361. The molecule has 1 aromatic rings. The zero-order valence-electron chi connectivity index (χ0n) is 13.8. The first-order valence-electron chi connectivity index (χ1n) is 8.18. The highest BCUT2D eigenvalue weighted by atomic mass is 32.2. The minimum atomic E-state index is -0.481. The zero-order chi connectivity index (χ0) is 17.6. The van der Waals surface area contributed by atoms with Crippen LogP contribution >= 0.6 is 11.8 Å². The molecule has 0 N–H and O–H groups in total. The lowest BCUT2D eigenvalue weighted by Crippen LogP contribution is -2.43. The number of ether oxygens (including phenoxy) is 2. The molecule has 0 aromatic heterocycles. The third kappa shape index (κ3) is 4.52. The fourth-order valence-corrected chi connectivity index (χ4v) is 3.66. The van der Waals surface area contributed by atoms with E-state index in [0.29, 0.717) is 32.1 Å². The number of esters is 1. The van der Waals surface area contributed by atoms with Crippen LogP contribution in [0, 0.1) is 0 Å². The van der Waals surface area contributed by atoms with Crippen molar-refractivity contribution in [1.82, 2.24) is 4.90 Å². The number of rotatable bonds is 5. The van der Waals surface area contributed by atoms with Crippen molar-refractivity contribution in [3.8, 4) is 0 Å². The average Bonchev–Trinajstić information content (AvgIpc) is 2.66. The van der Waals surface area contributed by atoms with E-state index >= 15 is 0 Å². The van der Waals surface area contributed by atoms with Gasteiger partial charge in [-0.15, -0.1) is 11.8 Å². The third-order valence-electron chi connectivity index (χ3n) is 4.07. The third-order valence-corrected chi connectivity index (χ3v) is 5.12. The molecule has 2 aliphatic rings. The molecule has 0 bridgehead atoms. The Morgan fingerprint density at radius 2 is 1.96 bits per heavy atom. The number of hydrogen-bond acceptors (Lipinski definition) is 6. The molecule has 0 spiro atoms. The van der Waals surface area contributed by atoms with Gasteiger partial charge in [-0.2, -0.15) is 0 Å². The van der Waals surface area contributed by atoms with Crippen LogP contribution in [0.2, 0.25) is 0 Å². The lowest BCUT2D eigenvalue weighted by atomic mass is 10.2. The summed E-state index contributed by atoms with van der Waals surface area (Å²) in [6.07, 6.45) is 0.0567. The van der Waals surface area contributed by atoms with Gasteiger partial charge in [-0.1, -0.05) is 12.1 Å². The van der Waals surface area contributed by atoms with Gasteiger partial charge in [0, 0.05) is 24.5 Å². The summed E-state index contributed by atoms with van der Waals surface area (Å²) >= 11 is 1.50. The lowest BCUT2D eigenvalue weighted by Gasteiger charge is -2.28. The molecule has 134 valence electrons. The van der Waals surface area contributed by atoms with E-state index in [0.717, 1.165) is 10.6 Å². The van der Waals surface area contributed by atoms with Gasteiger partial charge in [-0.3, -0.25) is 14.4 Å². The maximum atomic E-state index is 12.1. The number of benzene rings is 1. The molecule has 0 radical (unpaired) electrons. The Bertz CT molecular complexity index is 660. The first kappa shape index (κ1) is 17.8. The van der Waals surface area contributed by atoms with Gasteiger partial charge in [0.2, 0.25) is 5.91 Å². The monoisotopic (exact) mass is 364 g/mol. The van der Waals surface area contributed by atoms with E-state index < -0.39 is 5.97 Å². The van der Waals surface area contributed by atoms with Crippen molar-refractivity contribution in [3.63, 3.8) is 0 Å². The zero-order valence-corrected chi connectivity index (χ0v) is 14.6. The number of thioether (sulfide) groups is 1. The summed E-state index contributed by atoms with van der Waals surface area (Å²) in [7, 11) is 0. The van der Waals surface area contributed by atoms with Gasteiger partial charge in [0.25, 0.3) is 5.91 Å². The van der Waals surface area contributed by atoms with Crippen molar-refractivity contribution in [2.45, 2.75) is 11.3 Å². The summed E-state index contributed by atoms with van der Waals surface area (Å²) in [5, 5.41) is 0. The van der Waals surface area contributed by atoms with E-state index in [1.807, 2.05) is 24.3 Å². The molecule has 7 nitrogen and oxygen atoms in total. The molecule has 8 heteroatoms. The van der Waals surface area contributed by atoms with Crippen LogP contribution in [0.15, 0.2) is 29.2 Å². The van der Waals surface area contributed by atoms with Crippen molar-refractivity contribution < 1.29 is 23.9 Å². The number of carbonyl (C=O) groups excluding carboxylic acids is 3. The molecule has 0 aliphatic carbocycles. The molecule has 2 heterocycles. The van der Waals surface area contributed by atoms with Crippen molar-refractivity contribution in [3.05, 3.63) is 24.3 Å². The van der Waals surface area contributed by atoms with E-state index in [2.05, 4.69) is 0 Å². The molecule has 25 heavy (non-hydrogen) atoms. The van der Waals surface area contributed by atoms with Crippen LogP contribution < -0.4 is 4.90 Å². The van der Waals surface area contributed by atoms with Crippen molar-refractivity contribution in [1.29, 1.82) is 0 Å². The van der Waals surface area contributed by atoms with Crippen molar-refractivity contribution in [2.75, 3.05) is 50.1 Å². The van der Waals surface area contributed by atoms with Gasteiger partial charge in [-0.05, 0) is 12.1 Å². The first-order chi connectivity index (χ1) is 12.1. The molecule has 1 aromatic carbocycles. The predicted octanol–water partition coefficient (Wildman–Crippen LogP) is 0.917. The normalized spacial score (nSPS) is 17.2. The summed E-state index contributed by atoms with van der Waals surface area (Å²) < 4.78 is 10.2. The van der Waals surface area contributed by atoms with Crippen LogP contribution in [0.3, 0.4) is 0 Å². The largest absolute Gasteiger partial charge is 0.456 e. The number of morpholine rings is 1. The second-order valence-electron chi connectivity index (χ2n) is 5.71. The smallest absolute Gasteiger partial charge is 0.308 e. The van der Waals surface area contributed by atoms with Crippen LogP contribution in [0.5, 0.6) is 0 Å². The Morgan fingerprint density at radius 1 is 1.20 bits per heavy atom. The van der Waals surface area contributed by atoms with Crippen LogP contribution in [0.25, 0.3) is 0 Å². The van der Waals surface area contributed by atoms with Gasteiger partial charge < -0.3 is 19.3 Å². The Kier molecular flexibility index (Phi) is 5.93. The van der Waals surface area contributed by atoms with E-state index in [1.165, 1.54) is 11.8 Å². The predicted molar refractivity (Wildman–Crippen MR) is 92.5 cm³/mol. The maximum absolute atomic E-state index is 12.1. The molecule has 1 saturated heterocycles. The number of hydrogen-bond donors (Lipinski definition) is 0. The van der Waals surface area contributed by atoms with Gasteiger partial charge in [0.05, 0.1) is 31.1 Å². The van der Waals surface area contributed by atoms with Crippen LogP contribution in [0.1, 0.15) is 6.42 Å². The minimum Gasteiger partial charge on any atom is -0.456 e. The Labute approximate surface area is 150 Å². The molecule has 0 atom stereocenters. The second-order valence-corrected chi connectivity index (χ2v) is 6.72. The number of anilines is 1. The second kappa shape index (κ2) is 8.35. The summed E-state index contributed by atoms with van der Waals surface area (Å²) in [6.45, 7) is 2.04. The standard InChI is InChI=1S/C17H20N2O5S/c20-15(18-7-9-23-10-8-18)11-24-17(22)5-6-19-13-3-1-2-4-14(13)25-12-16(19)21/h1-4H,5-12H2. The quantitative estimate of drug-likeness (QED) is 0.723. The van der Waals surface area contributed by atoms with Crippen LogP contribution in [-0.4, -0.2) is 67.9 Å². The molecule has 0 saturated carbocycles. The highest BCUT2D eigenvalue weighted by Crippen LogP contribution is 2.34. The number of nitrogens with zero attached hydrogens (tertiary/aromatic N) is 2. The SMILES string of the molecule is O=C(CCN1C(=O)CSc2ccccc21)OCC(=O)N1CCOCC1. The van der Waals surface area contributed by atoms with E-state index in [1.54, 1.807) is 9.80 Å². The van der Waals surface area contributed by atoms with Gasteiger partial charge >= 0.3 is 5.97 Å². The topological polar surface area (TPSA) is 76.2 Å². The summed E-state index contributed by atoms with van der Waals surface area (Å²) in [4.78, 5) is 40.3. The number of fused-ring (bicyclic) bond motifs is 1. The van der Waals surface area contributed by atoms with Crippen molar-refractivity contribution >= 4 is 35.2 Å². The molecule has 0 unspecified atom stereocenters. The van der Waals surface area contributed by atoms with Crippen LogP contribution in [-0.2, 0) is 23.9 Å². The fraction of sp³-hybridized carbons (Fsp3) is 0.471. The van der Waals surface area contributed by atoms with Gasteiger partial charge in [0.1, 0.15) is 0 Å². The fourth-order valence-electron chi connectivity index (χ4n) is 2.72. The highest BCUT2D eigenvalue weighted by Gasteiger charge is 2.25. The molecule has 3 rings (SSSR count). The highest BCUT2D eigenvalue weighted by molar-refractivity contribution is 8.00. The molecule has 1 fully saturated rings. The summed E-state index contributed by atoms with van der Waals surface area (Å²) in [5.41, 5.74) is 0.820. The average molecular weight is 364 g/mol. The van der Waals surface area contributed by atoms with Gasteiger partial charge in [0.15, 0.2) is 6.61 Å². The van der Waals surface area contributed by atoms with Crippen LogP contribution in [0.4, 0.5) is 5.69 Å². The molecular formula is C17H20N2O5S. The Hall–Kier alpha value is -2.06. The first-order valence-corrected chi connectivity index (χ1v) is 9.17. The maximum Gasteiger partial charge on any atom is 0.308 e. The summed E-state index contributed by atoms with van der Waals surface area (Å²) in [6, 6.07) is 7.61. The minimum absolute atomic E-state index is 0.0270. The number of carbonyl (C=O) groups is 3. The van der Waals surface area contributed by atoms with E-state index in [4.69, 9.17) is 9.47 Å². The molecule has 2 aliphatic heterocycles. The Balaban J connectivity index is 1.47. The Morgan fingerprint density at radius 3 is 2.76 bits per heavy atom. The van der Waals surface area contributed by atoms with Crippen molar-refractivity contribution in [2.24, 2.45) is 0 Å². The molecular weight excluding hydrogens is 344 g/mol. The van der Waals surface area contributed by atoms with Gasteiger partial charge in [-0.25, -0.2) is 0 Å². The molecule has 2 amide bonds. The van der Waals surface area contributed by atoms with E-state index in [9.17, 15) is 14.4 Å². The number of para-hydroxylation sites is 1. The van der Waals surface area contributed by atoms with E-state index in [-0.39, 0.29) is 31.4 Å². The lowest BCUT2D eigenvalue weighted by molar-refractivity contribution is -0.153.